The number of imide groups is 1. The molecule has 29 heavy (non-hydrogen) atoms. The van der Waals surface area contributed by atoms with Crippen LogP contribution in [-0.2, 0) is 14.3 Å². The van der Waals surface area contributed by atoms with Gasteiger partial charge in [-0.15, -0.1) is 0 Å². The van der Waals surface area contributed by atoms with Crippen LogP contribution in [0.4, 0.5) is 4.79 Å². The van der Waals surface area contributed by atoms with Gasteiger partial charge in [0, 0.05) is 20.2 Å². The lowest BCUT2D eigenvalue weighted by molar-refractivity contribution is -0.137. The zero-order valence-electron chi connectivity index (χ0n) is 17.4. The second kappa shape index (κ2) is 9.39. The molecule has 158 valence electrons. The number of ether oxygens (including phenoxy) is 1. The minimum absolute atomic E-state index is 0.00559. The van der Waals surface area contributed by atoms with Crippen molar-refractivity contribution >= 4 is 17.8 Å². The van der Waals surface area contributed by atoms with E-state index in [0.717, 1.165) is 29.7 Å². The summed E-state index contributed by atoms with van der Waals surface area (Å²) in [5.41, 5.74) is 0.375. The fourth-order valence-corrected chi connectivity index (χ4v) is 4.25. The second-order valence-electron chi connectivity index (χ2n) is 7.95. The lowest BCUT2D eigenvalue weighted by Crippen LogP contribution is -2.49. The average Bonchev–Trinajstić information content (AvgIpc) is 2.91. The molecule has 1 heterocycles. The first kappa shape index (κ1) is 21.3. The Morgan fingerprint density at radius 3 is 2.55 bits per heavy atom. The van der Waals surface area contributed by atoms with Crippen molar-refractivity contribution in [2.24, 2.45) is 0 Å². The van der Waals surface area contributed by atoms with Gasteiger partial charge in [-0.05, 0) is 31.7 Å². The van der Waals surface area contributed by atoms with Crippen molar-refractivity contribution in [3.8, 4) is 0 Å². The number of hydrogen-bond acceptors (Lipinski definition) is 4. The number of nitrogens with zero attached hydrogens (tertiary/aromatic N) is 2. The Morgan fingerprint density at radius 2 is 1.86 bits per heavy atom. The molecule has 7 nitrogen and oxygen atoms in total. The van der Waals surface area contributed by atoms with E-state index in [1.165, 1.54) is 0 Å². The van der Waals surface area contributed by atoms with Crippen molar-refractivity contribution < 1.29 is 19.1 Å². The van der Waals surface area contributed by atoms with Crippen LogP contribution < -0.4 is 5.32 Å². The summed E-state index contributed by atoms with van der Waals surface area (Å²) in [6, 6.07) is 9.59. The van der Waals surface area contributed by atoms with Crippen LogP contribution in [0.3, 0.4) is 0 Å². The Morgan fingerprint density at radius 1 is 1.17 bits per heavy atom. The first-order chi connectivity index (χ1) is 14.0. The molecule has 3 rings (SSSR count). The molecule has 0 aromatic heterocycles. The van der Waals surface area contributed by atoms with Crippen molar-refractivity contribution in [3.05, 3.63) is 35.9 Å². The van der Waals surface area contributed by atoms with Gasteiger partial charge in [-0.3, -0.25) is 14.5 Å². The fraction of sp³-hybridized carbons (Fsp3) is 0.591. The van der Waals surface area contributed by atoms with E-state index >= 15 is 0 Å². The lowest BCUT2D eigenvalue weighted by atomic mass is 9.81. The summed E-state index contributed by atoms with van der Waals surface area (Å²) in [4.78, 5) is 40.3. The van der Waals surface area contributed by atoms with E-state index in [0.29, 0.717) is 32.4 Å². The summed E-state index contributed by atoms with van der Waals surface area (Å²) in [6.07, 6.45) is 4.98. The normalized spacial score (nSPS) is 19.7. The molecule has 0 bridgehead atoms. The topological polar surface area (TPSA) is 79.0 Å². The van der Waals surface area contributed by atoms with Gasteiger partial charge in [-0.25, -0.2) is 4.79 Å². The number of amides is 4. The number of rotatable bonds is 8. The lowest BCUT2D eigenvalue weighted by Gasteiger charge is -2.35. The summed E-state index contributed by atoms with van der Waals surface area (Å²) in [7, 11) is 1.68. The predicted molar refractivity (Wildman–Crippen MR) is 109 cm³/mol. The molecule has 2 fully saturated rings. The van der Waals surface area contributed by atoms with Crippen molar-refractivity contribution in [2.75, 3.05) is 26.7 Å². The Balaban J connectivity index is 1.40. The standard InChI is InChI=1S/C22H31N3O4/c1-17(18-10-5-3-6-11-18)29-15-9-14-23-19(26)16-25-20(27)22(24(2)21(25)28)12-7-4-8-13-22/h3,5-6,10-11,17H,4,7-9,12-16H2,1-2H3,(H,23,26). The van der Waals surface area contributed by atoms with Crippen LogP contribution in [-0.4, -0.2) is 59.9 Å². The number of benzene rings is 1. The highest BCUT2D eigenvalue weighted by Gasteiger charge is 2.55. The molecule has 1 aliphatic carbocycles. The first-order valence-corrected chi connectivity index (χ1v) is 10.5. The molecule has 0 radical (unpaired) electrons. The molecule has 1 unspecified atom stereocenters. The molecule has 1 aromatic rings. The molecule has 1 aromatic carbocycles. The maximum absolute atomic E-state index is 12.9. The highest BCUT2D eigenvalue weighted by atomic mass is 16.5. The number of urea groups is 1. The molecule has 2 aliphatic rings. The van der Waals surface area contributed by atoms with Crippen molar-refractivity contribution in [3.63, 3.8) is 0 Å². The minimum atomic E-state index is -0.739. The van der Waals surface area contributed by atoms with Crippen LogP contribution in [0.2, 0.25) is 0 Å². The van der Waals surface area contributed by atoms with E-state index in [9.17, 15) is 14.4 Å². The summed E-state index contributed by atoms with van der Waals surface area (Å²) in [6.45, 7) is 2.74. The highest BCUT2D eigenvalue weighted by Crippen LogP contribution is 2.39. The predicted octanol–water partition coefficient (Wildman–Crippen LogP) is 2.87. The number of carbonyl (C=O) groups is 3. The van der Waals surface area contributed by atoms with E-state index in [2.05, 4.69) is 5.32 Å². The number of nitrogens with one attached hydrogen (secondary N) is 1. The van der Waals surface area contributed by atoms with E-state index < -0.39 is 5.54 Å². The van der Waals surface area contributed by atoms with Gasteiger partial charge in [0.15, 0.2) is 0 Å². The van der Waals surface area contributed by atoms with Gasteiger partial charge in [0.25, 0.3) is 5.91 Å². The van der Waals surface area contributed by atoms with Gasteiger partial charge in [-0.2, -0.15) is 0 Å². The molecule has 1 N–H and O–H groups in total. The molecular formula is C22H31N3O4. The quantitative estimate of drug-likeness (QED) is 0.537. The van der Waals surface area contributed by atoms with Crippen LogP contribution in [0.1, 0.15) is 57.1 Å². The minimum Gasteiger partial charge on any atom is -0.374 e. The third kappa shape index (κ3) is 4.61. The van der Waals surface area contributed by atoms with Gasteiger partial charge < -0.3 is 15.0 Å². The van der Waals surface area contributed by atoms with Crippen LogP contribution in [0.25, 0.3) is 0 Å². The zero-order valence-corrected chi connectivity index (χ0v) is 17.4. The number of carbonyl (C=O) groups excluding carboxylic acids is 3. The van der Waals surface area contributed by atoms with E-state index in [4.69, 9.17) is 4.74 Å². The SMILES string of the molecule is CC(OCCCNC(=O)CN1C(=O)N(C)C2(CCCCC2)C1=O)c1ccccc1. The summed E-state index contributed by atoms with van der Waals surface area (Å²) in [5, 5.41) is 2.79. The molecule has 7 heteroatoms. The number of likely N-dealkylation sites (N-methyl/N-ethyl adjacent to an activating group) is 1. The van der Waals surface area contributed by atoms with Gasteiger partial charge in [0.1, 0.15) is 12.1 Å². The van der Waals surface area contributed by atoms with E-state index in [-0.39, 0.29) is 30.5 Å². The van der Waals surface area contributed by atoms with Crippen LogP contribution in [0, 0.1) is 0 Å². The maximum atomic E-state index is 12.9. The van der Waals surface area contributed by atoms with Crippen molar-refractivity contribution in [2.45, 2.75) is 57.1 Å². The molecule has 1 saturated carbocycles. The monoisotopic (exact) mass is 401 g/mol. The van der Waals surface area contributed by atoms with Crippen molar-refractivity contribution in [1.29, 1.82) is 0 Å². The van der Waals surface area contributed by atoms with E-state index in [1.54, 1.807) is 11.9 Å². The largest absolute Gasteiger partial charge is 0.374 e. The van der Waals surface area contributed by atoms with Crippen LogP contribution in [0.5, 0.6) is 0 Å². The highest BCUT2D eigenvalue weighted by molar-refractivity contribution is 6.08. The summed E-state index contributed by atoms with van der Waals surface area (Å²) in [5.74, 6) is -0.538. The van der Waals surface area contributed by atoms with E-state index in [1.807, 2.05) is 37.3 Å². The second-order valence-corrected chi connectivity index (χ2v) is 7.95. The van der Waals surface area contributed by atoms with Crippen molar-refractivity contribution in [1.82, 2.24) is 15.1 Å². The fourth-order valence-electron chi connectivity index (χ4n) is 4.25. The Labute approximate surface area is 172 Å². The zero-order chi connectivity index (χ0) is 20.9. The van der Waals surface area contributed by atoms with Crippen LogP contribution in [0.15, 0.2) is 30.3 Å². The molecular weight excluding hydrogens is 370 g/mol. The Kier molecular flexibility index (Phi) is 6.90. The molecule has 1 atom stereocenters. The van der Waals surface area contributed by atoms with Gasteiger partial charge >= 0.3 is 6.03 Å². The third-order valence-electron chi connectivity index (χ3n) is 6.07. The number of hydrogen-bond donors (Lipinski definition) is 1. The molecule has 1 spiro atoms. The summed E-state index contributed by atoms with van der Waals surface area (Å²) < 4.78 is 5.79. The van der Waals surface area contributed by atoms with Crippen LogP contribution >= 0.6 is 0 Å². The molecule has 4 amide bonds. The van der Waals surface area contributed by atoms with Gasteiger partial charge in [-0.1, -0.05) is 49.6 Å². The molecule has 1 aliphatic heterocycles. The third-order valence-corrected chi connectivity index (χ3v) is 6.07. The Bertz CT molecular complexity index is 731. The van der Waals surface area contributed by atoms with Gasteiger partial charge in [0.05, 0.1) is 6.10 Å². The summed E-state index contributed by atoms with van der Waals surface area (Å²) >= 11 is 0. The first-order valence-electron chi connectivity index (χ1n) is 10.5. The molecule has 1 saturated heterocycles. The maximum Gasteiger partial charge on any atom is 0.327 e. The average molecular weight is 402 g/mol. The smallest absolute Gasteiger partial charge is 0.327 e. The Hall–Kier alpha value is -2.41. The van der Waals surface area contributed by atoms with Gasteiger partial charge in [0.2, 0.25) is 5.91 Å².